The van der Waals surface area contributed by atoms with E-state index in [-0.39, 0.29) is 12.5 Å². The Balaban J connectivity index is 2.38. The van der Waals surface area contributed by atoms with Crippen molar-refractivity contribution in [3.63, 3.8) is 0 Å². The highest BCUT2D eigenvalue weighted by Crippen LogP contribution is 2.24. The Morgan fingerprint density at radius 3 is 3.31 bits per heavy atom. The molecule has 1 aromatic rings. The van der Waals surface area contributed by atoms with Crippen LogP contribution in [0.1, 0.15) is 0 Å². The van der Waals surface area contributed by atoms with Crippen molar-refractivity contribution in [3.8, 4) is 5.75 Å². The number of aromatic nitrogens is 2. The molecule has 0 unspecified atom stereocenters. The number of nitrogens with zero attached hydrogens (tertiary/aromatic N) is 2. The number of ether oxygens (including phenoxy) is 1. The minimum Gasteiger partial charge on any atom is -0.478 e. The van der Waals surface area contributed by atoms with Crippen molar-refractivity contribution in [2.24, 2.45) is 0 Å². The van der Waals surface area contributed by atoms with Gasteiger partial charge in [-0.2, -0.15) is 4.98 Å². The number of fused-ring (bicyclic) bond motifs is 1. The summed E-state index contributed by atoms with van der Waals surface area (Å²) in [5.74, 6) is 1.16. The number of carbonyl (C=O) groups is 1. The van der Waals surface area contributed by atoms with Crippen LogP contribution in [0.25, 0.3) is 0 Å². The zero-order valence-corrected chi connectivity index (χ0v) is 7.00. The van der Waals surface area contributed by atoms with Crippen LogP contribution in [0.5, 0.6) is 5.75 Å². The van der Waals surface area contributed by atoms with Crippen LogP contribution >= 0.6 is 0 Å². The molecule has 2 heterocycles. The summed E-state index contributed by atoms with van der Waals surface area (Å²) in [4.78, 5) is 18.8. The third-order valence-corrected chi connectivity index (χ3v) is 1.60. The van der Waals surface area contributed by atoms with Crippen LogP contribution < -0.4 is 15.4 Å². The molecular formula is C7H8N4O2. The summed E-state index contributed by atoms with van der Waals surface area (Å²) < 4.78 is 5.07. The number of rotatable bonds is 1. The van der Waals surface area contributed by atoms with Crippen LogP contribution in [0.15, 0.2) is 6.20 Å². The van der Waals surface area contributed by atoms with E-state index in [0.29, 0.717) is 17.5 Å². The topological polar surface area (TPSA) is 76.1 Å². The maximum absolute atomic E-state index is 10.9. The molecular weight excluding hydrogens is 172 g/mol. The van der Waals surface area contributed by atoms with Crippen molar-refractivity contribution in [1.29, 1.82) is 0 Å². The van der Waals surface area contributed by atoms with Gasteiger partial charge < -0.3 is 15.4 Å². The maximum atomic E-state index is 10.9. The lowest BCUT2D eigenvalue weighted by Gasteiger charge is -2.16. The van der Waals surface area contributed by atoms with Gasteiger partial charge in [0.2, 0.25) is 5.95 Å². The standard InChI is InChI=1S/C7H8N4O2/c1-8-7-9-2-4-6(11-7)10-5(12)3-13-4/h2H,3H2,1H3,(H2,8,9,10,11,12). The summed E-state index contributed by atoms with van der Waals surface area (Å²) in [6, 6.07) is 0. The second kappa shape index (κ2) is 2.89. The van der Waals surface area contributed by atoms with Gasteiger partial charge in [-0.3, -0.25) is 4.79 Å². The van der Waals surface area contributed by atoms with Gasteiger partial charge in [-0.05, 0) is 0 Å². The molecule has 68 valence electrons. The zero-order chi connectivity index (χ0) is 9.26. The molecule has 0 fully saturated rings. The number of amides is 1. The van der Waals surface area contributed by atoms with Crippen LogP contribution in [0.4, 0.5) is 11.8 Å². The molecule has 6 heteroatoms. The Morgan fingerprint density at radius 1 is 1.69 bits per heavy atom. The van der Waals surface area contributed by atoms with Crippen LogP contribution in [0.3, 0.4) is 0 Å². The van der Waals surface area contributed by atoms with Crippen molar-refractivity contribution < 1.29 is 9.53 Å². The van der Waals surface area contributed by atoms with Crippen LogP contribution in [-0.2, 0) is 4.79 Å². The summed E-state index contributed by atoms with van der Waals surface area (Å²) in [5.41, 5.74) is 0. The summed E-state index contributed by atoms with van der Waals surface area (Å²) in [7, 11) is 1.70. The fourth-order valence-electron chi connectivity index (χ4n) is 0.998. The van der Waals surface area contributed by atoms with E-state index in [4.69, 9.17) is 4.74 Å². The molecule has 0 aliphatic carbocycles. The summed E-state index contributed by atoms with van der Waals surface area (Å²) in [6.07, 6.45) is 1.52. The van der Waals surface area contributed by atoms with E-state index in [9.17, 15) is 4.79 Å². The molecule has 13 heavy (non-hydrogen) atoms. The van der Waals surface area contributed by atoms with Crippen LogP contribution in [0, 0.1) is 0 Å². The molecule has 2 rings (SSSR count). The molecule has 1 aromatic heterocycles. The van der Waals surface area contributed by atoms with Crippen molar-refractivity contribution in [1.82, 2.24) is 9.97 Å². The average Bonchev–Trinajstić information content (AvgIpc) is 2.16. The Hall–Kier alpha value is -1.85. The number of anilines is 2. The average molecular weight is 180 g/mol. The van der Waals surface area contributed by atoms with E-state index in [2.05, 4.69) is 20.6 Å². The normalized spacial score (nSPS) is 14.1. The molecule has 0 bridgehead atoms. The van der Waals surface area contributed by atoms with Gasteiger partial charge in [0.05, 0.1) is 6.20 Å². The molecule has 0 spiro atoms. The Bertz CT molecular complexity index is 352. The summed E-state index contributed by atoms with van der Waals surface area (Å²) in [5, 5.41) is 5.34. The third-order valence-electron chi connectivity index (χ3n) is 1.60. The van der Waals surface area contributed by atoms with Gasteiger partial charge in [0.25, 0.3) is 5.91 Å². The van der Waals surface area contributed by atoms with Gasteiger partial charge in [0.1, 0.15) is 0 Å². The molecule has 0 aromatic carbocycles. The summed E-state index contributed by atoms with van der Waals surface area (Å²) in [6.45, 7) is 0.0231. The smallest absolute Gasteiger partial charge is 0.263 e. The lowest BCUT2D eigenvalue weighted by molar-refractivity contribution is -0.118. The minimum absolute atomic E-state index is 0.0231. The predicted octanol–water partition coefficient (Wildman–Crippen LogP) is -0.151. The van der Waals surface area contributed by atoms with Crippen LogP contribution in [-0.4, -0.2) is 29.5 Å². The van der Waals surface area contributed by atoms with Gasteiger partial charge in [-0.25, -0.2) is 4.98 Å². The number of nitrogens with one attached hydrogen (secondary N) is 2. The van der Waals surface area contributed by atoms with Crippen molar-refractivity contribution >= 4 is 17.7 Å². The van der Waals surface area contributed by atoms with E-state index in [0.717, 1.165) is 0 Å². The molecule has 1 aliphatic heterocycles. The monoisotopic (exact) mass is 180 g/mol. The molecule has 0 radical (unpaired) electrons. The fraction of sp³-hybridized carbons (Fsp3) is 0.286. The second-order valence-electron chi connectivity index (χ2n) is 2.49. The molecule has 0 atom stereocenters. The Labute approximate surface area is 74.3 Å². The SMILES string of the molecule is CNc1ncc2c(n1)NC(=O)CO2. The number of hydrogen-bond donors (Lipinski definition) is 2. The Morgan fingerprint density at radius 2 is 2.54 bits per heavy atom. The largest absolute Gasteiger partial charge is 0.478 e. The van der Waals surface area contributed by atoms with Crippen molar-refractivity contribution in [2.45, 2.75) is 0 Å². The predicted molar refractivity (Wildman–Crippen MR) is 45.7 cm³/mol. The lowest BCUT2D eigenvalue weighted by Crippen LogP contribution is -2.26. The van der Waals surface area contributed by atoms with E-state index in [1.807, 2.05) is 0 Å². The molecule has 6 nitrogen and oxygen atoms in total. The second-order valence-corrected chi connectivity index (χ2v) is 2.49. The minimum atomic E-state index is -0.201. The first-order chi connectivity index (χ1) is 6.29. The van der Waals surface area contributed by atoms with Gasteiger partial charge in [0.15, 0.2) is 18.2 Å². The highest BCUT2D eigenvalue weighted by molar-refractivity contribution is 5.94. The summed E-state index contributed by atoms with van der Waals surface area (Å²) >= 11 is 0. The van der Waals surface area contributed by atoms with Crippen LogP contribution in [0.2, 0.25) is 0 Å². The fourth-order valence-corrected chi connectivity index (χ4v) is 0.998. The molecule has 0 saturated carbocycles. The first-order valence-electron chi connectivity index (χ1n) is 3.77. The lowest BCUT2D eigenvalue weighted by atomic mass is 10.4. The zero-order valence-electron chi connectivity index (χ0n) is 7.00. The molecule has 2 N–H and O–H groups in total. The highest BCUT2D eigenvalue weighted by Gasteiger charge is 2.17. The quantitative estimate of drug-likeness (QED) is 0.628. The van der Waals surface area contributed by atoms with Gasteiger partial charge in [-0.1, -0.05) is 0 Å². The first-order valence-corrected chi connectivity index (χ1v) is 3.77. The van der Waals surface area contributed by atoms with E-state index < -0.39 is 0 Å². The van der Waals surface area contributed by atoms with E-state index in [1.54, 1.807) is 7.05 Å². The third kappa shape index (κ3) is 1.37. The maximum Gasteiger partial charge on any atom is 0.263 e. The van der Waals surface area contributed by atoms with Gasteiger partial charge in [-0.15, -0.1) is 0 Å². The highest BCUT2D eigenvalue weighted by atomic mass is 16.5. The van der Waals surface area contributed by atoms with E-state index in [1.165, 1.54) is 6.20 Å². The molecule has 1 aliphatic rings. The molecule has 1 amide bonds. The van der Waals surface area contributed by atoms with Gasteiger partial charge in [0, 0.05) is 7.05 Å². The molecule has 0 saturated heterocycles. The van der Waals surface area contributed by atoms with E-state index >= 15 is 0 Å². The van der Waals surface area contributed by atoms with Crippen molar-refractivity contribution in [2.75, 3.05) is 24.3 Å². The number of hydrogen-bond acceptors (Lipinski definition) is 5. The van der Waals surface area contributed by atoms with Crippen molar-refractivity contribution in [3.05, 3.63) is 6.20 Å². The number of carbonyl (C=O) groups excluding carboxylic acids is 1. The van der Waals surface area contributed by atoms with Gasteiger partial charge >= 0.3 is 0 Å². The first kappa shape index (κ1) is 7.78. The Kier molecular flexibility index (Phi) is 1.73.